The number of nitrogens with one attached hydrogen (secondary N) is 2. The molecular weight excluding hydrogens is 364 g/mol. The first-order chi connectivity index (χ1) is 10.4. The summed E-state index contributed by atoms with van der Waals surface area (Å²) in [6.07, 6.45) is 0. The summed E-state index contributed by atoms with van der Waals surface area (Å²) in [6, 6.07) is 11.3. The second kappa shape index (κ2) is 6.12. The quantitative estimate of drug-likeness (QED) is 0.857. The summed E-state index contributed by atoms with van der Waals surface area (Å²) in [5, 5.41) is 3.28. The molecule has 0 atom stereocenters. The highest BCUT2D eigenvalue weighted by Gasteiger charge is 2.16. The van der Waals surface area contributed by atoms with Crippen LogP contribution in [0.5, 0.6) is 0 Å². The second-order valence-electron chi connectivity index (χ2n) is 5.50. The number of halogens is 1. The van der Waals surface area contributed by atoms with E-state index < -0.39 is 10.0 Å². The largest absolute Gasteiger partial charge is 0.309 e. The van der Waals surface area contributed by atoms with Crippen LogP contribution in [-0.4, -0.2) is 8.42 Å². The van der Waals surface area contributed by atoms with Crippen LogP contribution in [0.4, 0.5) is 0 Å². The topological polar surface area (TPSA) is 58.2 Å². The lowest BCUT2D eigenvalue weighted by molar-refractivity contribution is 0.581. The maximum Gasteiger partial charge on any atom is 0.240 e. The van der Waals surface area contributed by atoms with E-state index in [4.69, 9.17) is 0 Å². The molecular formula is C16H17BrN2O2S. The molecule has 0 fully saturated rings. The molecule has 0 bridgehead atoms. The van der Waals surface area contributed by atoms with Gasteiger partial charge in [-0.1, -0.05) is 34.1 Å². The van der Waals surface area contributed by atoms with Crippen LogP contribution in [0.2, 0.25) is 0 Å². The third-order valence-electron chi connectivity index (χ3n) is 3.69. The molecule has 0 saturated carbocycles. The van der Waals surface area contributed by atoms with E-state index in [9.17, 15) is 8.42 Å². The van der Waals surface area contributed by atoms with Gasteiger partial charge in [-0.3, -0.25) is 0 Å². The predicted molar refractivity (Wildman–Crippen MR) is 89.9 cm³/mol. The molecule has 0 spiro atoms. The van der Waals surface area contributed by atoms with E-state index >= 15 is 0 Å². The molecule has 0 aliphatic carbocycles. The number of aryl methyl sites for hydroxylation is 1. The Hall–Kier alpha value is -1.21. The third-order valence-corrected chi connectivity index (χ3v) is 5.53. The lowest BCUT2D eigenvalue weighted by Crippen LogP contribution is -2.23. The van der Waals surface area contributed by atoms with Crippen molar-refractivity contribution in [2.24, 2.45) is 0 Å². The molecule has 0 saturated heterocycles. The van der Waals surface area contributed by atoms with Crippen molar-refractivity contribution < 1.29 is 8.42 Å². The van der Waals surface area contributed by atoms with Gasteiger partial charge in [0.15, 0.2) is 0 Å². The first-order valence-corrected chi connectivity index (χ1v) is 9.30. The minimum absolute atomic E-state index is 0.280. The summed E-state index contributed by atoms with van der Waals surface area (Å²) in [7, 11) is -3.51. The predicted octanol–water partition coefficient (Wildman–Crippen LogP) is 2.84. The SMILES string of the molecule is Cc1cc(Br)cc(S(=O)(=O)NCc2ccc3c(c2)CNC3)c1. The summed E-state index contributed by atoms with van der Waals surface area (Å²) >= 11 is 3.34. The summed E-state index contributed by atoms with van der Waals surface area (Å²) in [6.45, 7) is 3.90. The van der Waals surface area contributed by atoms with Crippen molar-refractivity contribution in [3.63, 3.8) is 0 Å². The van der Waals surface area contributed by atoms with E-state index in [1.54, 1.807) is 12.1 Å². The smallest absolute Gasteiger partial charge is 0.240 e. The Morgan fingerprint density at radius 2 is 1.91 bits per heavy atom. The van der Waals surface area contributed by atoms with Gasteiger partial charge >= 0.3 is 0 Å². The maximum absolute atomic E-state index is 12.4. The van der Waals surface area contributed by atoms with Gasteiger partial charge in [-0.05, 0) is 47.4 Å². The number of sulfonamides is 1. The number of rotatable bonds is 4. The highest BCUT2D eigenvalue weighted by atomic mass is 79.9. The van der Waals surface area contributed by atoms with Crippen LogP contribution < -0.4 is 10.0 Å². The Balaban J connectivity index is 1.77. The van der Waals surface area contributed by atoms with E-state index in [0.29, 0.717) is 6.54 Å². The number of hydrogen-bond acceptors (Lipinski definition) is 3. The number of hydrogen-bond donors (Lipinski definition) is 2. The monoisotopic (exact) mass is 380 g/mol. The molecule has 1 aliphatic rings. The molecule has 1 heterocycles. The number of fused-ring (bicyclic) bond motifs is 1. The third kappa shape index (κ3) is 3.41. The van der Waals surface area contributed by atoms with E-state index in [1.165, 1.54) is 11.1 Å². The van der Waals surface area contributed by atoms with Crippen LogP contribution >= 0.6 is 15.9 Å². The first-order valence-electron chi connectivity index (χ1n) is 7.02. The van der Waals surface area contributed by atoms with E-state index in [-0.39, 0.29) is 4.90 Å². The molecule has 3 rings (SSSR count). The summed E-state index contributed by atoms with van der Waals surface area (Å²) in [5.74, 6) is 0. The summed E-state index contributed by atoms with van der Waals surface area (Å²) < 4.78 is 28.2. The molecule has 0 radical (unpaired) electrons. The number of benzene rings is 2. The molecule has 4 nitrogen and oxygen atoms in total. The van der Waals surface area contributed by atoms with E-state index in [1.807, 2.05) is 19.1 Å². The molecule has 116 valence electrons. The Morgan fingerprint density at radius 3 is 2.68 bits per heavy atom. The second-order valence-corrected chi connectivity index (χ2v) is 8.18. The van der Waals surface area contributed by atoms with Gasteiger partial charge < -0.3 is 5.32 Å². The van der Waals surface area contributed by atoms with Crippen molar-refractivity contribution in [2.75, 3.05) is 0 Å². The zero-order valence-corrected chi connectivity index (χ0v) is 14.6. The molecule has 2 N–H and O–H groups in total. The van der Waals surface area contributed by atoms with Crippen LogP contribution in [0.25, 0.3) is 0 Å². The molecule has 6 heteroatoms. The van der Waals surface area contributed by atoms with Gasteiger partial charge in [-0.2, -0.15) is 0 Å². The van der Waals surface area contributed by atoms with Gasteiger partial charge in [0, 0.05) is 24.1 Å². The Labute approximate surface area is 139 Å². The average Bonchev–Trinajstić information content (AvgIpc) is 2.91. The van der Waals surface area contributed by atoms with Crippen molar-refractivity contribution in [1.29, 1.82) is 0 Å². The fraction of sp³-hybridized carbons (Fsp3) is 0.250. The van der Waals surface area contributed by atoms with E-state index in [2.05, 4.69) is 38.1 Å². The van der Waals surface area contributed by atoms with Crippen LogP contribution in [0.3, 0.4) is 0 Å². The Morgan fingerprint density at radius 1 is 1.14 bits per heavy atom. The minimum atomic E-state index is -3.51. The fourth-order valence-electron chi connectivity index (χ4n) is 2.58. The highest BCUT2D eigenvalue weighted by Crippen LogP contribution is 2.20. The van der Waals surface area contributed by atoms with Gasteiger partial charge in [0.05, 0.1) is 4.90 Å². The average molecular weight is 381 g/mol. The minimum Gasteiger partial charge on any atom is -0.309 e. The molecule has 0 unspecified atom stereocenters. The first kappa shape index (κ1) is 15.7. The summed E-state index contributed by atoms with van der Waals surface area (Å²) in [5.41, 5.74) is 4.40. The highest BCUT2D eigenvalue weighted by molar-refractivity contribution is 9.10. The molecule has 0 aromatic heterocycles. The van der Waals surface area contributed by atoms with Crippen molar-refractivity contribution in [1.82, 2.24) is 10.0 Å². The van der Waals surface area contributed by atoms with Gasteiger partial charge in [-0.25, -0.2) is 13.1 Å². The van der Waals surface area contributed by atoms with Crippen molar-refractivity contribution in [3.05, 3.63) is 63.1 Å². The standard InChI is InChI=1S/C16H17BrN2O2S/c1-11-4-15(17)7-16(5-11)22(20,21)19-8-12-2-3-13-9-18-10-14(13)6-12/h2-7,18-19H,8-10H2,1H3. The van der Waals surface area contributed by atoms with Crippen molar-refractivity contribution in [3.8, 4) is 0 Å². The van der Waals surface area contributed by atoms with Crippen LogP contribution in [-0.2, 0) is 29.7 Å². The van der Waals surface area contributed by atoms with Crippen molar-refractivity contribution in [2.45, 2.75) is 31.5 Å². The molecule has 2 aromatic carbocycles. The maximum atomic E-state index is 12.4. The zero-order valence-electron chi connectivity index (χ0n) is 12.2. The molecule has 0 amide bonds. The van der Waals surface area contributed by atoms with Crippen molar-refractivity contribution >= 4 is 26.0 Å². The molecule has 1 aliphatic heterocycles. The lowest BCUT2D eigenvalue weighted by atomic mass is 10.1. The Bertz CT molecular complexity index is 799. The van der Waals surface area contributed by atoms with Crippen LogP contribution in [0.15, 0.2) is 45.8 Å². The Kier molecular flexibility index (Phi) is 4.36. The van der Waals surface area contributed by atoms with Crippen LogP contribution in [0.1, 0.15) is 22.3 Å². The normalized spacial score (nSPS) is 14.1. The lowest BCUT2D eigenvalue weighted by Gasteiger charge is -2.09. The van der Waals surface area contributed by atoms with Gasteiger partial charge in [-0.15, -0.1) is 0 Å². The molecule has 2 aromatic rings. The van der Waals surface area contributed by atoms with Gasteiger partial charge in [0.2, 0.25) is 10.0 Å². The van der Waals surface area contributed by atoms with Gasteiger partial charge in [0.1, 0.15) is 0 Å². The van der Waals surface area contributed by atoms with Crippen LogP contribution in [0, 0.1) is 6.92 Å². The van der Waals surface area contributed by atoms with E-state index in [0.717, 1.165) is 28.7 Å². The van der Waals surface area contributed by atoms with Gasteiger partial charge in [0.25, 0.3) is 0 Å². The fourth-order valence-corrected chi connectivity index (χ4v) is 4.48. The zero-order chi connectivity index (χ0) is 15.7. The summed E-state index contributed by atoms with van der Waals surface area (Å²) in [4.78, 5) is 0.280. The molecule has 22 heavy (non-hydrogen) atoms.